The fraction of sp³-hybridized carbons (Fsp3) is 0.222. The Kier molecular flexibility index (Phi) is 5.40. The van der Waals surface area contributed by atoms with E-state index in [1.807, 2.05) is 41.3 Å². The van der Waals surface area contributed by atoms with E-state index in [1.165, 1.54) is 11.1 Å². The van der Waals surface area contributed by atoms with Gasteiger partial charge in [0.05, 0.1) is 6.04 Å². The van der Waals surface area contributed by atoms with Crippen molar-refractivity contribution in [3.63, 3.8) is 0 Å². The van der Waals surface area contributed by atoms with Crippen molar-refractivity contribution in [1.82, 2.24) is 9.88 Å². The second kappa shape index (κ2) is 8.36. The van der Waals surface area contributed by atoms with E-state index < -0.39 is 0 Å². The first kappa shape index (κ1) is 20.7. The predicted octanol–water partition coefficient (Wildman–Crippen LogP) is 6.87. The molecule has 1 aliphatic rings. The van der Waals surface area contributed by atoms with Gasteiger partial charge in [0.2, 0.25) is 0 Å². The number of hydrogen-bond acceptors (Lipinski definition) is 1. The number of para-hydroxylation sites is 1. The van der Waals surface area contributed by atoms with Crippen molar-refractivity contribution in [2.75, 3.05) is 11.9 Å². The number of amides is 2. The number of benzene rings is 3. The van der Waals surface area contributed by atoms with Gasteiger partial charge in [0, 0.05) is 33.9 Å². The molecule has 5 rings (SSSR count). The quantitative estimate of drug-likeness (QED) is 0.356. The molecule has 2 N–H and O–H groups in total. The normalized spacial score (nSPS) is 15.6. The van der Waals surface area contributed by atoms with Crippen LogP contribution in [0.3, 0.4) is 0 Å². The number of carbonyl (C=O) groups is 1. The highest BCUT2D eigenvalue weighted by Crippen LogP contribution is 2.39. The van der Waals surface area contributed by atoms with Gasteiger partial charge in [0.1, 0.15) is 0 Å². The fourth-order valence-corrected chi connectivity index (χ4v) is 4.88. The van der Waals surface area contributed by atoms with E-state index in [0.717, 1.165) is 51.3 Å². The standard InChI is InChI=1S/C27H26ClN3O/c1-3-18-6-4-5-7-23(18)30-27(32)31-15-14-21-22-16-20(28)12-13-24(22)29-25(21)26(31)19-10-8-17(2)9-11-19/h4-13,16,26,29H,3,14-15H2,1-2H3,(H,30,32)/t26-/m1/s1. The zero-order valence-electron chi connectivity index (χ0n) is 18.3. The molecule has 0 saturated heterocycles. The Balaban J connectivity index is 1.58. The molecule has 2 amide bonds. The SMILES string of the molecule is CCc1ccccc1NC(=O)N1CCc2c([nH]c3ccc(Cl)cc23)[C@H]1c1ccc(C)cc1. The molecule has 0 bridgehead atoms. The minimum atomic E-state index is -0.195. The molecule has 32 heavy (non-hydrogen) atoms. The lowest BCUT2D eigenvalue weighted by atomic mass is 9.92. The third-order valence-corrected chi connectivity index (χ3v) is 6.62. The molecule has 4 aromatic rings. The smallest absolute Gasteiger partial charge is 0.322 e. The first-order valence-electron chi connectivity index (χ1n) is 11.1. The fourth-order valence-electron chi connectivity index (χ4n) is 4.71. The number of hydrogen-bond donors (Lipinski definition) is 2. The first-order chi connectivity index (χ1) is 15.5. The van der Waals surface area contributed by atoms with Crippen LogP contribution in [0.5, 0.6) is 0 Å². The average molecular weight is 444 g/mol. The molecule has 1 aliphatic heterocycles. The number of carbonyl (C=O) groups excluding carboxylic acids is 1. The molecule has 0 fully saturated rings. The number of anilines is 1. The zero-order valence-corrected chi connectivity index (χ0v) is 19.0. The number of urea groups is 1. The summed E-state index contributed by atoms with van der Waals surface area (Å²) in [4.78, 5) is 19.1. The van der Waals surface area contributed by atoms with Gasteiger partial charge in [-0.25, -0.2) is 4.79 Å². The van der Waals surface area contributed by atoms with Crippen molar-refractivity contribution < 1.29 is 4.79 Å². The molecule has 0 saturated carbocycles. The van der Waals surface area contributed by atoms with E-state index in [9.17, 15) is 4.79 Å². The number of nitrogens with zero attached hydrogens (tertiary/aromatic N) is 1. The predicted molar refractivity (Wildman–Crippen MR) is 132 cm³/mol. The maximum atomic E-state index is 13.5. The van der Waals surface area contributed by atoms with Gasteiger partial charge in [-0.3, -0.25) is 0 Å². The summed E-state index contributed by atoms with van der Waals surface area (Å²) in [6.07, 6.45) is 1.64. The van der Waals surface area contributed by atoms with E-state index in [4.69, 9.17) is 11.6 Å². The maximum Gasteiger partial charge on any atom is 0.322 e. The van der Waals surface area contributed by atoms with E-state index in [0.29, 0.717) is 6.54 Å². The van der Waals surface area contributed by atoms with Gasteiger partial charge in [0.15, 0.2) is 0 Å². The Hall–Kier alpha value is -3.24. The summed E-state index contributed by atoms with van der Waals surface area (Å²) in [5.41, 5.74) is 7.65. The van der Waals surface area contributed by atoms with Crippen LogP contribution < -0.4 is 5.32 Å². The third-order valence-electron chi connectivity index (χ3n) is 6.38. The van der Waals surface area contributed by atoms with Gasteiger partial charge in [-0.05, 0) is 60.7 Å². The highest BCUT2D eigenvalue weighted by atomic mass is 35.5. The average Bonchev–Trinajstić information content (AvgIpc) is 3.17. The number of H-pyrrole nitrogens is 1. The van der Waals surface area contributed by atoms with E-state index in [-0.39, 0.29) is 12.1 Å². The van der Waals surface area contributed by atoms with E-state index in [1.54, 1.807) is 0 Å². The van der Waals surface area contributed by atoms with Crippen LogP contribution in [0.25, 0.3) is 10.9 Å². The van der Waals surface area contributed by atoms with Crippen molar-refractivity contribution >= 4 is 34.2 Å². The molecule has 3 aromatic carbocycles. The van der Waals surface area contributed by atoms with Crippen molar-refractivity contribution in [3.05, 3.63) is 99.7 Å². The van der Waals surface area contributed by atoms with Crippen LogP contribution in [0.2, 0.25) is 5.02 Å². The lowest BCUT2D eigenvalue weighted by Gasteiger charge is -2.36. The van der Waals surface area contributed by atoms with Crippen LogP contribution in [0, 0.1) is 6.92 Å². The molecule has 4 nitrogen and oxygen atoms in total. The number of aromatic amines is 1. The van der Waals surface area contributed by atoms with Gasteiger partial charge in [0.25, 0.3) is 0 Å². The molecule has 5 heteroatoms. The highest BCUT2D eigenvalue weighted by Gasteiger charge is 2.34. The number of halogens is 1. The number of aromatic nitrogens is 1. The molecular weight excluding hydrogens is 418 g/mol. The maximum absolute atomic E-state index is 13.5. The molecule has 0 aliphatic carbocycles. The van der Waals surface area contributed by atoms with Gasteiger partial charge in [-0.1, -0.05) is 66.6 Å². The summed E-state index contributed by atoms with van der Waals surface area (Å²) >= 11 is 6.30. The van der Waals surface area contributed by atoms with Gasteiger partial charge in [-0.15, -0.1) is 0 Å². The van der Waals surface area contributed by atoms with Crippen molar-refractivity contribution in [2.45, 2.75) is 32.7 Å². The van der Waals surface area contributed by atoms with Gasteiger partial charge in [-0.2, -0.15) is 0 Å². The summed E-state index contributed by atoms with van der Waals surface area (Å²) < 4.78 is 0. The monoisotopic (exact) mass is 443 g/mol. The molecule has 2 heterocycles. The topological polar surface area (TPSA) is 48.1 Å². The van der Waals surface area contributed by atoms with Crippen LogP contribution in [-0.4, -0.2) is 22.5 Å². The molecule has 0 spiro atoms. The Bertz CT molecular complexity index is 1290. The second-order valence-electron chi connectivity index (χ2n) is 8.40. The minimum absolute atomic E-state index is 0.0844. The molecule has 1 atom stereocenters. The van der Waals surface area contributed by atoms with Crippen molar-refractivity contribution in [2.24, 2.45) is 0 Å². The van der Waals surface area contributed by atoms with E-state index >= 15 is 0 Å². The van der Waals surface area contributed by atoms with Crippen LogP contribution in [0.15, 0.2) is 66.7 Å². The Morgan fingerprint density at radius 2 is 1.91 bits per heavy atom. The largest absolute Gasteiger partial charge is 0.356 e. The zero-order chi connectivity index (χ0) is 22.2. The summed E-state index contributed by atoms with van der Waals surface area (Å²) in [5, 5.41) is 5.03. The lowest BCUT2D eigenvalue weighted by molar-refractivity contribution is 0.193. The van der Waals surface area contributed by atoms with Gasteiger partial charge < -0.3 is 15.2 Å². The Morgan fingerprint density at radius 3 is 2.69 bits per heavy atom. The molecular formula is C27H26ClN3O. The summed E-state index contributed by atoms with van der Waals surface area (Å²) in [6.45, 7) is 4.81. The molecule has 1 aromatic heterocycles. The second-order valence-corrected chi connectivity index (χ2v) is 8.84. The van der Waals surface area contributed by atoms with Crippen molar-refractivity contribution in [3.8, 4) is 0 Å². The molecule has 0 radical (unpaired) electrons. The first-order valence-corrected chi connectivity index (χ1v) is 11.4. The van der Waals surface area contributed by atoms with Crippen LogP contribution >= 0.6 is 11.6 Å². The van der Waals surface area contributed by atoms with E-state index in [2.05, 4.69) is 54.5 Å². The molecule has 162 valence electrons. The number of nitrogens with one attached hydrogen (secondary N) is 2. The number of rotatable bonds is 3. The number of fused-ring (bicyclic) bond motifs is 3. The third kappa shape index (κ3) is 3.65. The summed E-state index contributed by atoms with van der Waals surface area (Å²) in [7, 11) is 0. The Labute approximate surface area is 193 Å². The minimum Gasteiger partial charge on any atom is -0.356 e. The van der Waals surface area contributed by atoms with Crippen molar-refractivity contribution in [1.29, 1.82) is 0 Å². The van der Waals surface area contributed by atoms with Crippen LogP contribution in [0.1, 0.15) is 40.9 Å². The summed E-state index contributed by atoms with van der Waals surface area (Å²) in [5.74, 6) is 0. The van der Waals surface area contributed by atoms with Crippen LogP contribution in [-0.2, 0) is 12.8 Å². The van der Waals surface area contributed by atoms with Crippen LogP contribution in [0.4, 0.5) is 10.5 Å². The Morgan fingerprint density at radius 1 is 1.12 bits per heavy atom. The summed E-state index contributed by atoms with van der Waals surface area (Å²) in [6, 6.07) is 22.1. The highest BCUT2D eigenvalue weighted by molar-refractivity contribution is 6.31. The molecule has 0 unspecified atom stereocenters. The lowest BCUT2D eigenvalue weighted by Crippen LogP contribution is -2.43. The number of aryl methyl sites for hydroxylation is 2. The van der Waals surface area contributed by atoms with Gasteiger partial charge >= 0.3 is 6.03 Å².